The molecule has 0 unspecified atom stereocenters. The second kappa shape index (κ2) is 6.40. The molecule has 1 aromatic heterocycles. The molecule has 1 N–H and O–H groups in total. The molecular weight excluding hydrogens is 328 g/mol. The van der Waals surface area contributed by atoms with Crippen molar-refractivity contribution in [2.75, 3.05) is 39.0 Å². The Morgan fingerprint density at radius 2 is 2.17 bits per heavy atom. The molecule has 0 aromatic carbocycles. The normalized spacial score (nSPS) is 29.1. The van der Waals surface area contributed by atoms with E-state index in [0.717, 1.165) is 32.6 Å². The molecule has 2 aliphatic rings. The Morgan fingerprint density at radius 1 is 1.42 bits per heavy atom. The molecule has 3 heterocycles. The van der Waals surface area contributed by atoms with Crippen LogP contribution in [0.25, 0.3) is 0 Å². The first-order valence-electron chi connectivity index (χ1n) is 8.58. The van der Waals surface area contributed by atoms with E-state index < -0.39 is 10.0 Å². The lowest BCUT2D eigenvalue weighted by Crippen LogP contribution is -2.48. The highest BCUT2D eigenvalue weighted by Gasteiger charge is 2.51. The Hall–Kier alpha value is -0.960. The number of piperidine rings is 1. The lowest BCUT2D eigenvalue weighted by molar-refractivity contribution is 0.0169. The highest BCUT2D eigenvalue weighted by molar-refractivity contribution is 7.88. The largest absolute Gasteiger partial charge is 0.396 e. The predicted octanol–water partition coefficient (Wildman–Crippen LogP) is 0.287. The van der Waals surface area contributed by atoms with E-state index in [-0.39, 0.29) is 17.9 Å². The maximum absolute atomic E-state index is 11.9. The average Bonchev–Trinajstić information content (AvgIpc) is 3.09. The van der Waals surface area contributed by atoms with Crippen LogP contribution >= 0.6 is 0 Å². The van der Waals surface area contributed by atoms with Crippen LogP contribution in [0.15, 0.2) is 6.20 Å². The van der Waals surface area contributed by atoms with Gasteiger partial charge in [-0.2, -0.15) is 5.10 Å². The molecule has 2 fully saturated rings. The number of rotatable bonds is 5. The molecule has 7 nitrogen and oxygen atoms in total. The Bertz CT molecular complexity index is 702. The van der Waals surface area contributed by atoms with Gasteiger partial charge in [-0.15, -0.1) is 0 Å². The van der Waals surface area contributed by atoms with Gasteiger partial charge in [0, 0.05) is 49.4 Å². The summed E-state index contributed by atoms with van der Waals surface area (Å²) >= 11 is 0. The van der Waals surface area contributed by atoms with E-state index >= 15 is 0 Å². The van der Waals surface area contributed by atoms with Gasteiger partial charge in [-0.1, -0.05) is 0 Å². The lowest BCUT2D eigenvalue weighted by atomic mass is 9.73. The van der Waals surface area contributed by atoms with Gasteiger partial charge in [0.15, 0.2) is 0 Å². The number of fused-ring (bicyclic) bond motifs is 1. The van der Waals surface area contributed by atoms with Crippen molar-refractivity contribution in [1.82, 2.24) is 19.0 Å². The molecule has 0 radical (unpaired) electrons. The monoisotopic (exact) mass is 356 g/mol. The summed E-state index contributed by atoms with van der Waals surface area (Å²) in [5, 5.41) is 14.3. The van der Waals surface area contributed by atoms with Crippen molar-refractivity contribution in [2.24, 2.45) is 11.3 Å². The third-order valence-electron chi connectivity index (χ3n) is 5.87. The summed E-state index contributed by atoms with van der Waals surface area (Å²) in [5.41, 5.74) is 2.15. The minimum Gasteiger partial charge on any atom is -0.396 e. The van der Waals surface area contributed by atoms with Crippen LogP contribution in [-0.2, 0) is 23.1 Å². The minimum absolute atomic E-state index is 0.0598. The summed E-state index contributed by atoms with van der Waals surface area (Å²) in [4.78, 5) is 2.37. The van der Waals surface area contributed by atoms with Crippen molar-refractivity contribution in [3.8, 4) is 0 Å². The second-order valence-electron chi connectivity index (χ2n) is 7.33. The zero-order chi connectivity index (χ0) is 17.5. The summed E-state index contributed by atoms with van der Waals surface area (Å²) in [6, 6.07) is 0. The van der Waals surface area contributed by atoms with Gasteiger partial charge in [-0.3, -0.25) is 9.58 Å². The Labute approximate surface area is 144 Å². The first-order valence-corrected chi connectivity index (χ1v) is 10.4. The number of sulfonamides is 1. The van der Waals surface area contributed by atoms with E-state index in [9.17, 15) is 13.5 Å². The van der Waals surface area contributed by atoms with Crippen LogP contribution in [-0.4, -0.2) is 71.6 Å². The fourth-order valence-corrected chi connectivity index (χ4v) is 5.10. The molecule has 24 heavy (non-hydrogen) atoms. The number of nitrogens with zero attached hydrogens (tertiary/aromatic N) is 4. The predicted molar refractivity (Wildman–Crippen MR) is 92.0 cm³/mol. The maximum atomic E-state index is 11.9. The number of hydrogen-bond donors (Lipinski definition) is 1. The molecule has 2 aliphatic heterocycles. The van der Waals surface area contributed by atoms with Crippen molar-refractivity contribution in [1.29, 1.82) is 0 Å². The fraction of sp³-hybridized carbons (Fsp3) is 0.812. The summed E-state index contributed by atoms with van der Waals surface area (Å²) in [5.74, 6) is 0.188. The summed E-state index contributed by atoms with van der Waals surface area (Å²) in [7, 11) is -3.20. The summed E-state index contributed by atoms with van der Waals surface area (Å²) in [6.45, 7) is 8.61. The molecule has 2 atom stereocenters. The first kappa shape index (κ1) is 17.8. The molecule has 136 valence electrons. The fourth-order valence-electron chi connectivity index (χ4n) is 4.16. The molecular formula is C16H28N4O3S. The molecule has 3 rings (SSSR count). The first-order chi connectivity index (χ1) is 11.3. The number of aliphatic hydroxyl groups excluding tert-OH is 1. The minimum atomic E-state index is -3.20. The van der Waals surface area contributed by atoms with E-state index in [1.807, 2.05) is 10.9 Å². The third kappa shape index (κ3) is 3.12. The average molecular weight is 356 g/mol. The van der Waals surface area contributed by atoms with Gasteiger partial charge in [-0.25, -0.2) is 12.7 Å². The van der Waals surface area contributed by atoms with E-state index in [2.05, 4.69) is 23.8 Å². The number of aliphatic hydroxyl groups is 1. The van der Waals surface area contributed by atoms with Gasteiger partial charge in [0.1, 0.15) is 0 Å². The highest BCUT2D eigenvalue weighted by atomic mass is 32.2. The van der Waals surface area contributed by atoms with E-state index in [1.165, 1.54) is 21.8 Å². The van der Waals surface area contributed by atoms with Crippen LogP contribution in [0.2, 0.25) is 0 Å². The quantitative estimate of drug-likeness (QED) is 0.820. The van der Waals surface area contributed by atoms with Crippen LogP contribution in [0, 0.1) is 18.3 Å². The van der Waals surface area contributed by atoms with Gasteiger partial charge in [0.05, 0.1) is 19.1 Å². The SMILES string of the molecule is CCn1ncc(CN2CC[C@@]3(CO)CN(S(C)(=O)=O)C[C@H]3C2)c1C. The summed E-state index contributed by atoms with van der Waals surface area (Å²) < 4.78 is 27.4. The van der Waals surface area contributed by atoms with Crippen molar-refractivity contribution >= 4 is 10.0 Å². The zero-order valence-corrected chi connectivity index (χ0v) is 15.6. The standard InChI is InChI=1S/C16H28N4O3S/c1-4-20-13(2)14(7-17-20)8-18-6-5-16(12-21)11-19(24(3,22)23)10-15(16)9-18/h7,15,21H,4-6,8-12H2,1-3H3/t15-,16+/m1/s1. The molecule has 0 bridgehead atoms. The van der Waals surface area contributed by atoms with Gasteiger partial charge in [-0.05, 0) is 32.7 Å². The van der Waals surface area contributed by atoms with Gasteiger partial charge in [0.25, 0.3) is 0 Å². The van der Waals surface area contributed by atoms with E-state index in [0.29, 0.717) is 13.1 Å². The van der Waals surface area contributed by atoms with Crippen LogP contribution in [0.1, 0.15) is 24.6 Å². The van der Waals surface area contributed by atoms with Crippen LogP contribution < -0.4 is 0 Å². The van der Waals surface area contributed by atoms with E-state index in [4.69, 9.17) is 0 Å². The summed E-state index contributed by atoms with van der Waals surface area (Å²) in [6.07, 6.45) is 4.03. The molecule has 0 saturated carbocycles. The highest BCUT2D eigenvalue weighted by Crippen LogP contribution is 2.43. The number of likely N-dealkylation sites (tertiary alicyclic amines) is 1. The van der Waals surface area contributed by atoms with Gasteiger partial charge < -0.3 is 5.11 Å². The zero-order valence-electron chi connectivity index (χ0n) is 14.8. The number of aromatic nitrogens is 2. The van der Waals surface area contributed by atoms with Crippen LogP contribution in [0.3, 0.4) is 0 Å². The molecule has 0 amide bonds. The van der Waals surface area contributed by atoms with Crippen molar-refractivity contribution in [2.45, 2.75) is 33.4 Å². The smallest absolute Gasteiger partial charge is 0.211 e. The van der Waals surface area contributed by atoms with Crippen molar-refractivity contribution < 1.29 is 13.5 Å². The Morgan fingerprint density at radius 3 is 2.75 bits per heavy atom. The van der Waals surface area contributed by atoms with Crippen LogP contribution in [0.4, 0.5) is 0 Å². The van der Waals surface area contributed by atoms with Crippen molar-refractivity contribution in [3.05, 3.63) is 17.5 Å². The van der Waals surface area contributed by atoms with Crippen molar-refractivity contribution in [3.63, 3.8) is 0 Å². The van der Waals surface area contributed by atoms with Gasteiger partial charge >= 0.3 is 0 Å². The molecule has 1 aromatic rings. The van der Waals surface area contributed by atoms with E-state index in [1.54, 1.807) is 0 Å². The topological polar surface area (TPSA) is 78.7 Å². The molecule has 2 saturated heterocycles. The number of aryl methyl sites for hydroxylation is 1. The molecule has 0 spiro atoms. The molecule has 8 heteroatoms. The lowest BCUT2D eigenvalue weighted by Gasteiger charge is -2.42. The Balaban J connectivity index is 1.72. The maximum Gasteiger partial charge on any atom is 0.211 e. The Kier molecular flexibility index (Phi) is 4.76. The van der Waals surface area contributed by atoms with Gasteiger partial charge in [0.2, 0.25) is 10.0 Å². The number of hydrogen-bond acceptors (Lipinski definition) is 5. The van der Waals surface area contributed by atoms with Crippen LogP contribution in [0.5, 0.6) is 0 Å². The molecule has 0 aliphatic carbocycles. The third-order valence-corrected chi connectivity index (χ3v) is 7.08. The second-order valence-corrected chi connectivity index (χ2v) is 9.31.